The number of benzene rings is 2. The van der Waals surface area contributed by atoms with E-state index in [-0.39, 0.29) is 24.9 Å². The first-order valence-corrected chi connectivity index (χ1v) is 10.3. The summed E-state index contributed by atoms with van der Waals surface area (Å²) in [6.07, 6.45) is -4.52. The van der Waals surface area contributed by atoms with Gasteiger partial charge >= 0.3 is 12.1 Å². The molecule has 1 aliphatic heterocycles. The normalized spacial score (nSPS) is 16.1. The number of alkyl halides is 3. The van der Waals surface area contributed by atoms with Crippen LogP contribution in [-0.2, 0) is 22.7 Å². The van der Waals surface area contributed by atoms with Crippen LogP contribution in [0.3, 0.4) is 0 Å². The molecule has 0 spiro atoms. The molecule has 2 aromatic carbocycles. The molecule has 1 heterocycles. The molecule has 0 bridgehead atoms. The summed E-state index contributed by atoms with van der Waals surface area (Å²) in [4.78, 5) is 21.6. The van der Waals surface area contributed by atoms with Crippen LogP contribution in [0.4, 0.5) is 18.9 Å². The molecule has 1 saturated heterocycles. The van der Waals surface area contributed by atoms with Crippen molar-refractivity contribution in [2.75, 3.05) is 18.4 Å². The van der Waals surface area contributed by atoms with Crippen LogP contribution in [0.5, 0.6) is 5.75 Å². The maximum Gasteiger partial charge on any atom is 0.471 e. The highest BCUT2D eigenvalue weighted by molar-refractivity contribution is 9.10. The van der Waals surface area contributed by atoms with Crippen LogP contribution in [0, 0.1) is 0 Å². The van der Waals surface area contributed by atoms with Gasteiger partial charge in [-0.05, 0) is 42.3 Å². The second-order valence-electron chi connectivity index (χ2n) is 6.98. The number of carbonyl (C=O) groups excluding carboxylic acids is 1. The van der Waals surface area contributed by atoms with E-state index in [4.69, 9.17) is 14.6 Å². The van der Waals surface area contributed by atoms with Crippen LogP contribution in [0.25, 0.3) is 0 Å². The number of ether oxygens (including phenoxy) is 1. The molecule has 3 rings (SSSR count). The predicted octanol–water partition coefficient (Wildman–Crippen LogP) is 3.80. The Labute approximate surface area is 190 Å². The Hall–Kier alpha value is -2.63. The fourth-order valence-electron chi connectivity index (χ4n) is 3.11. The lowest BCUT2D eigenvalue weighted by Crippen LogP contribution is -2.29. The quantitative estimate of drug-likeness (QED) is 0.503. The molecule has 1 atom stereocenters. The number of aliphatic hydroxyl groups excluding tert-OH is 1. The van der Waals surface area contributed by atoms with Gasteiger partial charge in [0.25, 0.3) is 6.47 Å². The Balaban J connectivity index is 0.00000114. The van der Waals surface area contributed by atoms with Gasteiger partial charge in [0.2, 0.25) is 0 Å². The molecule has 1 fully saturated rings. The second-order valence-corrected chi connectivity index (χ2v) is 7.89. The smallest absolute Gasteiger partial charge is 0.471 e. The van der Waals surface area contributed by atoms with E-state index in [1.165, 1.54) is 12.1 Å². The number of amides is 1. The molecule has 1 aliphatic rings. The number of hydrogen-bond donors (Lipinski definition) is 3. The van der Waals surface area contributed by atoms with E-state index in [0.717, 1.165) is 23.0 Å². The van der Waals surface area contributed by atoms with E-state index in [0.29, 0.717) is 24.4 Å². The van der Waals surface area contributed by atoms with E-state index in [1.807, 2.05) is 23.5 Å². The van der Waals surface area contributed by atoms with Gasteiger partial charge < -0.3 is 20.3 Å². The standard InChI is InChI=1S/C20H20BrF3N2O3.CH2O2/c21-15-4-5-18(14(9-15)10-26-7-6-17(27)11-26)29-12-13-2-1-3-16(8-13)25-19(28)20(22,23)24;2-1-3/h1-5,8-9,17,27H,6-7,10-12H2,(H,25,28);1H,(H,2,3)/t17-;/m0./s1. The van der Waals surface area contributed by atoms with Gasteiger partial charge in [0.05, 0.1) is 6.10 Å². The summed E-state index contributed by atoms with van der Waals surface area (Å²) < 4.78 is 44.0. The largest absolute Gasteiger partial charge is 0.489 e. The lowest BCUT2D eigenvalue weighted by molar-refractivity contribution is -0.167. The van der Waals surface area contributed by atoms with Gasteiger partial charge in [-0.3, -0.25) is 14.5 Å². The summed E-state index contributed by atoms with van der Waals surface area (Å²) in [5, 5.41) is 18.4. The van der Waals surface area contributed by atoms with E-state index < -0.39 is 12.1 Å². The van der Waals surface area contributed by atoms with Gasteiger partial charge in [0.15, 0.2) is 0 Å². The molecule has 0 aliphatic carbocycles. The summed E-state index contributed by atoms with van der Waals surface area (Å²) in [6.45, 7) is 1.90. The number of nitrogens with zero attached hydrogens (tertiary/aromatic N) is 1. The van der Waals surface area contributed by atoms with Gasteiger partial charge in [0, 0.05) is 35.4 Å². The lowest BCUT2D eigenvalue weighted by Gasteiger charge is -2.18. The van der Waals surface area contributed by atoms with E-state index in [2.05, 4.69) is 20.8 Å². The molecular weight excluding hydrogens is 497 g/mol. The van der Waals surface area contributed by atoms with Crippen molar-refractivity contribution in [3.63, 3.8) is 0 Å². The Morgan fingerprint density at radius 2 is 2.00 bits per heavy atom. The van der Waals surface area contributed by atoms with Gasteiger partial charge in [-0.1, -0.05) is 28.1 Å². The average molecular weight is 519 g/mol. The summed E-state index contributed by atoms with van der Waals surface area (Å²) in [5.41, 5.74) is 1.61. The molecule has 0 unspecified atom stereocenters. The van der Waals surface area contributed by atoms with E-state index in [9.17, 15) is 23.1 Å². The third kappa shape index (κ3) is 8.13. The number of aliphatic hydroxyl groups is 1. The number of halogens is 4. The number of likely N-dealkylation sites (tertiary alicyclic amines) is 1. The molecule has 11 heteroatoms. The Morgan fingerprint density at radius 1 is 1.28 bits per heavy atom. The van der Waals surface area contributed by atoms with Gasteiger partial charge in [0.1, 0.15) is 12.4 Å². The number of hydrogen-bond acceptors (Lipinski definition) is 5. The van der Waals surface area contributed by atoms with Crippen LogP contribution in [0.1, 0.15) is 17.5 Å². The molecule has 32 heavy (non-hydrogen) atoms. The van der Waals surface area contributed by atoms with E-state index in [1.54, 1.807) is 12.1 Å². The lowest BCUT2D eigenvalue weighted by atomic mass is 10.2. The van der Waals surface area contributed by atoms with Crippen molar-refractivity contribution in [3.8, 4) is 5.75 Å². The molecule has 0 saturated carbocycles. The molecule has 0 aromatic heterocycles. The van der Waals surface area contributed by atoms with Crippen molar-refractivity contribution in [1.82, 2.24) is 4.90 Å². The Kier molecular flexibility index (Phi) is 9.48. The van der Waals surface area contributed by atoms with Crippen molar-refractivity contribution in [2.45, 2.75) is 31.9 Å². The maximum atomic E-state index is 12.4. The number of carbonyl (C=O) groups is 2. The minimum absolute atomic E-state index is 0.0514. The number of nitrogens with one attached hydrogen (secondary N) is 1. The fraction of sp³-hybridized carbons (Fsp3) is 0.333. The van der Waals surface area contributed by atoms with Crippen LogP contribution < -0.4 is 10.1 Å². The van der Waals surface area contributed by atoms with Crippen molar-refractivity contribution < 1.29 is 37.7 Å². The number of β-amino-alcohol motifs (C(OH)–C–C–N with tert-alkyl or cyclic N) is 1. The highest BCUT2D eigenvalue weighted by atomic mass is 79.9. The Bertz CT molecular complexity index is 927. The van der Waals surface area contributed by atoms with Crippen molar-refractivity contribution in [2.24, 2.45) is 0 Å². The molecule has 0 radical (unpaired) electrons. The third-order valence-corrected chi connectivity index (χ3v) is 4.99. The van der Waals surface area contributed by atoms with Crippen LogP contribution in [-0.4, -0.2) is 52.9 Å². The summed E-state index contributed by atoms with van der Waals surface area (Å²) >= 11 is 3.45. The predicted molar refractivity (Wildman–Crippen MR) is 114 cm³/mol. The highest BCUT2D eigenvalue weighted by Gasteiger charge is 2.38. The first-order valence-electron chi connectivity index (χ1n) is 9.49. The molecule has 7 nitrogen and oxygen atoms in total. The molecule has 2 aromatic rings. The van der Waals surface area contributed by atoms with Gasteiger partial charge in [-0.2, -0.15) is 13.2 Å². The van der Waals surface area contributed by atoms with Crippen molar-refractivity contribution in [3.05, 3.63) is 58.1 Å². The average Bonchev–Trinajstić information content (AvgIpc) is 3.12. The zero-order valence-electron chi connectivity index (χ0n) is 16.8. The second kappa shape index (κ2) is 11.8. The number of rotatable bonds is 6. The van der Waals surface area contributed by atoms with Gasteiger partial charge in [-0.15, -0.1) is 0 Å². The zero-order valence-corrected chi connectivity index (χ0v) is 18.4. The SMILES string of the molecule is O=C(Nc1cccc(COc2ccc(Br)cc2CN2CC[C@H](O)C2)c1)C(F)(F)F.O=CO. The third-order valence-electron chi connectivity index (χ3n) is 4.50. The summed E-state index contributed by atoms with van der Waals surface area (Å²) in [7, 11) is 0. The minimum Gasteiger partial charge on any atom is -0.489 e. The summed E-state index contributed by atoms with van der Waals surface area (Å²) in [6, 6.07) is 11.7. The van der Waals surface area contributed by atoms with Crippen molar-refractivity contribution in [1.29, 1.82) is 0 Å². The summed E-state index contributed by atoms with van der Waals surface area (Å²) in [5.74, 6) is -1.36. The van der Waals surface area contributed by atoms with Gasteiger partial charge in [-0.25, -0.2) is 0 Å². The highest BCUT2D eigenvalue weighted by Crippen LogP contribution is 2.27. The van der Waals surface area contributed by atoms with E-state index >= 15 is 0 Å². The number of anilines is 1. The van der Waals surface area contributed by atoms with Crippen LogP contribution in [0.15, 0.2) is 46.9 Å². The van der Waals surface area contributed by atoms with Crippen LogP contribution in [0.2, 0.25) is 0 Å². The molecule has 1 amide bonds. The Morgan fingerprint density at radius 3 is 2.62 bits per heavy atom. The van der Waals surface area contributed by atoms with Crippen LogP contribution >= 0.6 is 15.9 Å². The van der Waals surface area contributed by atoms with Crippen molar-refractivity contribution >= 4 is 34.0 Å². The monoisotopic (exact) mass is 518 g/mol. The minimum atomic E-state index is -4.94. The zero-order chi connectivity index (χ0) is 23.7. The first kappa shape index (κ1) is 25.6. The number of carboxylic acid groups (broad SMARTS) is 1. The fourth-order valence-corrected chi connectivity index (χ4v) is 3.52. The molecular formula is C21H22BrF3N2O5. The topological polar surface area (TPSA) is 99.1 Å². The molecule has 174 valence electrons. The maximum absolute atomic E-state index is 12.4. The first-order chi connectivity index (χ1) is 15.1. The molecule has 3 N–H and O–H groups in total.